The minimum Gasteiger partial charge on any atom is -0.317 e. The average Bonchev–Trinajstić information content (AvgIpc) is 2.39. The molecule has 0 atom stereocenters. The van der Waals surface area contributed by atoms with Gasteiger partial charge in [-0.05, 0) is 40.0 Å². The standard InChI is InChI=1S/C13H28N4/c1-14-13-3-5-16(6-4-13)11-12-17-9-7-15(2)8-10-17/h13-14H,3-12H2,1-2H3. The number of piperidine rings is 1. The van der Waals surface area contributed by atoms with Gasteiger partial charge in [-0.15, -0.1) is 0 Å². The molecule has 0 aromatic carbocycles. The highest BCUT2D eigenvalue weighted by atomic mass is 15.3. The molecule has 0 bridgehead atoms. The summed E-state index contributed by atoms with van der Waals surface area (Å²) in [5.74, 6) is 0. The Bertz CT molecular complexity index is 205. The molecule has 2 aliphatic rings. The molecule has 0 aliphatic carbocycles. The first-order valence-electron chi connectivity index (χ1n) is 7.08. The predicted molar refractivity (Wildman–Crippen MR) is 72.5 cm³/mol. The van der Waals surface area contributed by atoms with Crippen molar-refractivity contribution in [3.8, 4) is 0 Å². The van der Waals surface area contributed by atoms with Gasteiger partial charge >= 0.3 is 0 Å². The van der Waals surface area contributed by atoms with Crippen LogP contribution >= 0.6 is 0 Å². The molecule has 17 heavy (non-hydrogen) atoms. The van der Waals surface area contributed by atoms with Crippen molar-refractivity contribution in [2.24, 2.45) is 0 Å². The quantitative estimate of drug-likeness (QED) is 0.742. The third kappa shape index (κ3) is 4.21. The van der Waals surface area contributed by atoms with Crippen LogP contribution in [-0.2, 0) is 0 Å². The average molecular weight is 240 g/mol. The van der Waals surface area contributed by atoms with Gasteiger partial charge in [-0.25, -0.2) is 0 Å². The van der Waals surface area contributed by atoms with Gasteiger partial charge in [0.2, 0.25) is 0 Å². The zero-order valence-electron chi connectivity index (χ0n) is 11.5. The van der Waals surface area contributed by atoms with Crippen LogP contribution in [0.5, 0.6) is 0 Å². The lowest BCUT2D eigenvalue weighted by Gasteiger charge is -2.36. The molecule has 0 spiro atoms. The summed E-state index contributed by atoms with van der Waals surface area (Å²) >= 11 is 0. The first-order valence-corrected chi connectivity index (χ1v) is 7.08. The Morgan fingerprint density at radius 1 is 0.882 bits per heavy atom. The molecule has 0 radical (unpaired) electrons. The Labute approximate surface area is 106 Å². The Kier molecular flexibility index (Phi) is 5.22. The second-order valence-corrected chi connectivity index (χ2v) is 5.55. The summed E-state index contributed by atoms with van der Waals surface area (Å²) < 4.78 is 0. The number of hydrogen-bond acceptors (Lipinski definition) is 4. The van der Waals surface area contributed by atoms with Gasteiger partial charge in [0.15, 0.2) is 0 Å². The van der Waals surface area contributed by atoms with Gasteiger partial charge < -0.3 is 15.1 Å². The van der Waals surface area contributed by atoms with Crippen LogP contribution in [0.1, 0.15) is 12.8 Å². The SMILES string of the molecule is CNC1CCN(CCN2CCN(C)CC2)CC1. The van der Waals surface area contributed by atoms with Crippen molar-refractivity contribution in [3.63, 3.8) is 0 Å². The van der Waals surface area contributed by atoms with E-state index in [-0.39, 0.29) is 0 Å². The van der Waals surface area contributed by atoms with Crippen LogP contribution in [0, 0.1) is 0 Å². The van der Waals surface area contributed by atoms with E-state index in [1.807, 2.05) is 0 Å². The van der Waals surface area contributed by atoms with Crippen LogP contribution in [0.25, 0.3) is 0 Å². The van der Waals surface area contributed by atoms with Crippen molar-refractivity contribution < 1.29 is 0 Å². The maximum absolute atomic E-state index is 3.39. The molecule has 0 aromatic rings. The van der Waals surface area contributed by atoms with E-state index < -0.39 is 0 Å². The Hall–Kier alpha value is -0.160. The zero-order valence-corrected chi connectivity index (χ0v) is 11.5. The number of piperazine rings is 1. The molecule has 4 nitrogen and oxygen atoms in total. The number of hydrogen-bond donors (Lipinski definition) is 1. The third-order valence-electron chi connectivity index (χ3n) is 4.32. The first-order chi connectivity index (χ1) is 8.28. The first kappa shape index (κ1) is 13.3. The molecule has 0 aromatic heterocycles. The number of nitrogens with one attached hydrogen (secondary N) is 1. The summed E-state index contributed by atoms with van der Waals surface area (Å²) in [6, 6.07) is 0.759. The van der Waals surface area contributed by atoms with E-state index in [0.717, 1.165) is 6.04 Å². The topological polar surface area (TPSA) is 21.8 Å². The lowest BCUT2D eigenvalue weighted by atomic mass is 10.1. The molecular weight excluding hydrogens is 212 g/mol. The van der Waals surface area contributed by atoms with E-state index in [1.54, 1.807) is 0 Å². The molecule has 0 unspecified atom stereocenters. The van der Waals surface area contributed by atoms with E-state index in [2.05, 4.69) is 34.1 Å². The Balaban J connectivity index is 1.59. The van der Waals surface area contributed by atoms with E-state index in [0.29, 0.717) is 0 Å². The van der Waals surface area contributed by atoms with Crippen LogP contribution in [0.4, 0.5) is 0 Å². The van der Waals surface area contributed by atoms with Crippen LogP contribution in [0.15, 0.2) is 0 Å². The van der Waals surface area contributed by atoms with Crippen LogP contribution in [0.3, 0.4) is 0 Å². The monoisotopic (exact) mass is 240 g/mol. The predicted octanol–water partition coefficient (Wildman–Crippen LogP) is -0.0824. The second-order valence-electron chi connectivity index (χ2n) is 5.55. The lowest BCUT2D eigenvalue weighted by Crippen LogP contribution is -2.48. The number of likely N-dealkylation sites (N-methyl/N-ethyl adjacent to an activating group) is 1. The van der Waals surface area contributed by atoms with E-state index in [9.17, 15) is 0 Å². The Morgan fingerprint density at radius 3 is 1.94 bits per heavy atom. The van der Waals surface area contributed by atoms with Gasteiger partial charge in [0.05, 0.1) is 0 Å². The summed E-state index contributed by atoms with van der Waals surface area (Å²) in [5.41, 5.74) is 0. The number of likely N-dealkylation sites (tertiary alicyclic amines) is 1. The number of nitrogens with zero attached hydrogens (tertiary/aromatic N) is 3. The molecule has 2 fully saturated rings. The molecule has 2 rings (SSSR count). The van der Waals surface area contributed by atoms with Crippen molar-refractivity contribution >= 4 is 0 Å². The minimum absolute atomic E-state index is 0.759. The van der Waals surface area contributed by atoms with E-state index >= 15 is 0 Å². The summed E-state index contributed by atoms with van der Waals surface area (Å²) in [6.45, 7) is 10.1. The largest absolute Gasteiger partial charge is 0.317 e. The van der Waals surface area contributed by atoms with E-state index in [4.69, 9.17) is 0 Å². The van der Waals surface area contributed by atoms with Gasteiger partial charge in [-0.1, -0.05) is 0 Å². The van der Waals surface area contributed by atoms with Crippen LogP contribution in [-0.4, -0.2) is 87.2 Å². The van der Waals surface area contributed by atoms with Gasteiger partial charge in [0.25, 0.3) is 0 Å². The molecule has 1 N–H and O–H groups in total. The summed E-state index contributed by atoms with van der Waals surface area (Å²) in [7, 11) is 4.31. The molecule has 4 heteroatoms. The fourth-order valence-corrected chi connectivity index (χ4v) is 2.80. The molecule has 0 saturated carbocycles. The highest BCUT2D eigenvalue weighted by molar-refractivity contribution is 4.77. The van der Waals surface area contributed by atoms with E-state index in [1.165, 1.54) is 65.2 Å². The second kappa shape index (κ2) is 6.69. The van der Waals surface area contributed by atoms with Crippen molar-refractivity contribution in [1.82, 2.24) is 20.0 Å². The fourth-order valence-electron chi connectivity index (χ4n) is 2.80. The normalized spacial score (nSPS) is 26.5. The zero-order chi connectivity index (χ0) is 12.1. The molecule has 2 aliphatic heterocycles. The lowest BCUT2D eigenvalue weighted by molar-refractivity contribution is 0.124. The number of rotatable bonds is 4. The van der Waals surface area contributed by atoms with Crippen LogP contribution in [0.2, 0.25) is 0 Å². The van der Waals surface area contributed by atoms with Gasteiger partial charge in [-0.3, -0.25) is 4.90 Å². The van der Waals surface area contributed by atoms with Crippen molar-refractivity contribution in [2.45, 2.75) is 18.9 Å². The highest BCUT2D eigenvalue weighted by Gasteiger charge is 2.19. The third-order valence-corrected chi connectivity index (χ3v) is 4.32. The maximum atomic E-state index is 3.39. The van der Waals surface area contributed by atoms with Crippen molar-refractivity contribution in [2.75, 3.05) is 66.5 Å². The summed E-state index contributed by atoms with van der Waals surface area (Å²) in [6.07, 6.45) is 2.64. The fraction of sp³-hybridized carbons (Fsp3) is 1.00. The molecular formula is C13H28N4. The highest BCUT2D eigenvalue weighted by Crippen LogP contribution is 2.09. The molecule has 2 saturated heterocycles. The smallest absolute Gasteiger partial charge is 0.0110 e. The minimum atomic E-state index is 0.759. The van der Waals surface area contributed by atoms with Crippen molar-refractivity contribution in [1.29, 1.82) is 0 Å². The van der Waals surface area contributed by atoms with Crippen molar-refractivity contribution in [3.05, 3.63) is 0 Å². The maximum Gasteiger partial charge on any atom is 0.0110 e. The molecule has 0 amide bonds. The Morgan fingerprint density at radius 2 is 1.41 bits per heavy atom. The van der Waals surface area contributed by atoms with Crippen LogP contribution < -0.4 is 5.32 Å². The summed E-state index contributed by atoms with van der Waals surface area (Å²) in [5, 5.41) is 3.39. The van der Waals surface area contributed by atoms with Gasteiger partial charge in [-0.2, -0.15) is 0 Å². The van der Waals surface area contributed by atoms with Gasteiger partial charge in [0, 0.05) is 45.3 Å². The molecule has 2 heterocycles. The van der Waals surface area contributed by atoms with Gasteiger partial charge in [0.1, 0.15) is 0 Å². The molecule has 100 valence electrons. The summed E-state index contributed by atoms with van der Waals surface area (Å²) in [4.78, 5) is 7.67.